The number of esters is 1. The van der Waals surface area contributed by atoms with E-state index in [2.05, 4.69) is 0 Å². The number of rotatable bonds is 3. The van der Waals surface area contributed by atoms with Crippen molar-refractivity contribution in [2.75, 3.05) is 20.2 Å². The molecule has 1 amide bonds. The van der Waals surface area contributed by atoms with Gasteiger partial charge >= 0.3 is 12.1 Å². The van der Waals surface area contributed by atoms with E-state index >= 15 is 0 Å². The first-order chi connectivity index (χ1) is 10.2. The minimum absolute atomic E-state index is 0.109. The molecule has 5 nitrogen and oxygen atoms in total. The average Bonchev–Trinajstić information content (AvgIpc) is 2.79. The summed E-state index contributed by atoms with van der Waals surface area (Å²) in [4.78, 5) is 25.3. The van der Waals surface area contributed by atoms with Gasteiger partial charge < -0.3 is 14.4 Å². The minimum atomic E-state index is -0.315. The van der Waals surface area contributed by atoms with Gasteiger partial charge in [0.2, 0.25) is 0 Å². The van der Waals surface area contributed by atoms with Crippen molar-refractivity contribution in [1.29, 1.82) is 0 Å². The van der Waals surface area contributed by atoms with E-state index in [0.717, 1.165) is 18.4 Å². The van der Waals surface area contributed by atoms with E-state index in [0.29, 0.717) is 19.5 Å². The Labute approximate surface area is 124 Å². The van der Waals surface area contributed by atoms with Crippen LogP contribution < -0.4 is 0 Å². The van der Waals surface area contributed by atoms with E-state index in [9.17, 15) is 9.59 Å². The first-order valence-corrected chi connectivity index (χ1v) is 7.24. The molecule has 0 spiro atoms. The molecule has 0 N–H and O–H groups in total. The fraction of sp³-hybridized carbons (Fsp3) is 0.500. The Kier molecular flexibility index (Phi) is 5.60. The number of hydrogen-bond donors (Lipinski definition) is 0. The lowest BCUT2D eigenvalue weighted by atomic mass is 10.0. The van der Waals surface area contributed by atoms with Crippen LogP contribution in [-0.4, -0.2) is 37.2 Å². The van der Waals surface area contributed by atoms with Crippen molar-refractivity contribution in [2.45, 2.75) is 25.9 Å². The number of ether oxygens (including phenoxy) is 2. The van der Waals surface area contributed by atoms with E-state index < -0.39 is 0 Å². The van der Waals surface area contributed by atoms with Gasteiger partial charge in [-0.05, 0) is 24.8 Å². The lowest BCUT2D eigenvalue weighted by Gasteiger charge is -2.20. The molecule has 1 aliphatic heterocycles. The molecule has 0 aromatic heterocycles. The molecule has 0 saturated carbocycles. The van der Waals surface area contributed by atoms with E-state index in [1.54, 1.807) is 4.90 Å². The molecule has 0 radical (unpaired) electrons. The second-order valence-electron chi connectivity index (χ2n) is 5.18. The summed E-state index contributed by atoms with van der Waals surface area (Å²) in [5.41, 5.74) is 0.966. The molecule has 5 heteroatoms. The molecule has 0 aliphatic carbocycles. The Morgan fingerprint density at radius 1 is 1.19 bits per heavy atom. The molecule has 1 atom stereocenters. The molecule has 1 fully saturated rings. The fourth-order valence-corrected chi connectivity index (χ4v) is 2.49. The maximum atomic E-state index is 12.1. The lowest BCUT2D eigenvalue weighted by Crippen LogP contribution is -2.32. The highest BCUT2D eigenvalue weighted by Gasteiger charge is 2.26. The number of benzene rings is 1. The zero-order valence-electron chi connectivity index (χ0n) is 12.3. The highest BCUT2D eigenvalue weighted by atomic mass is 16.6. The smallest absolute Gasteiger partial charge is 0.410 e. The Morgan fingerprint density at radius 2 is 1.95 bits per heavy atom. The number of carbonyl (C=O) groups excluding carboxylic acids is 2. The summed E-state index contributed by atoms with van der Waals surface area (Å²) in [6.07, 6.45) is 1.87. The third-order valence-electron chi connectivity index (χ3n) is 3.73. The molecular formula is C16H21NO4. The van der Waals surface area contributed by atoms with Gasteiger partial charge in [0.15, 0.2) is 0 Å². The van der Waals surface area contributed by atoms with E-state index in [4.69, 9.17) is 9.47 Å². The Hall–Kier alpha value is -2.04. The average molecular weight is 291 g/mol. The first kappa shape index (κ1) is 15.4. The van der Waals surface area contributed by atoms with Crippen LogP contribution in [0.1, 0.15) is 24.8 Å². The summed E-state index contributed by atoms with van der Waals surface area (Å²) >= 11 is 0. The van der Waals surface area contributed by atoms with Crippen molar-refractivity contribution >= 4 is 12.1 Å². The summed E-state index contributed by atoms with van der Waals surface area (Å²) < 4.78 is 10.1. The summed E-state index contributed by atoms with van der Waals surface area (Å²) in [5.74, 6) is -0.295. The van der Waals surface area contributed by atoms with E-state index in [1.807, 2.05) is 30.3 Å². The second-order valence-corrected chi connectivity index (χ2v) is 5.18. The quantitative estimate of drug-likeness (QED) is 0.803. The summed E-state index contributed by atoms with van der Waals surface area (Å²) in [6, 6.07) is 9.59. The van der Waals surface area contributed by atoms with Gasteiger partial charge in [-0.2, -0.15) is 0 Å². The van der Waals surface area contributed by atoms with Crippen molar-refractivity contribution in [3.05, 3.63) is 35.9 Å². The van der Waals surface area contributed by atoms with Crippen molar-refractivity contribution in [1.82, 2.24) is 4.90 Å². The molecule has 1 unspecified atom stereocenters. The molecule has 1 aromatic carbocycles. The van der Waals surface area contributed by atoms with Gasteiger partial charge in [-0.3, -0.25) is 4.79 Å². The highest BCUT2D eigenvalue weighted by Crippen LogP contribution is 2.19. The van der Waals surface area contributed by atoms with Gasteiger partial charge in [-0.15, -0.1) is 0 Å². The third-order valence-corrected chi connectivity index (χ3v) is 3.73. The van der Waals surface area contributed by atoms with Gasteiger partial charge in [-0.1, -0.05) is 30.3 Å². The van der Waals surface area contributed by atoms with Crippen molar-refractivity contribution in [3.63, 3.8) is 0 Å². The second kappa shape index (κ2) is 7.67. The van der Waals surface area contributed by atoms with Crippen molar-refractivity contribution < 1.29 is 19.1 Å². The molecular weight excluding hydrogens is 270 g/mol. The van der Waals surface area contributed by atoms with Gasteiger partial charge in [0.05, 0.1) is 13.0 Å². The fourth-order valence-electron chi connectivity index (χ4n) is 2.49. The summed E-state index contributed by atoms with van der Waals surface area (Å²) in [5, 5.41) is 0. The predicted molar refractivity (Wildman–Crippen MR) is 77.6 cm³/mol. The standard InChI is InChI=1S/C16H21NO4/c1-20-15(18)14-8-5-10-17(11-9-14)16(19)21-12-13-6-3-2-4-7-13/h2-4,6-7,14H,5,8-12H2,1H3. The Balaban J connectivity index is 1.81. The van der Waals surface area contributed by atoms with Gasteiger partial charge in [0.1, 0.15) is 6.61 Å². The van der Waals surface area contributed by atoms with Crippen LogP contribution in [0, 0.1) is 5.92 Å². The van der Waals surface area contributed by atoms with Crippen LogP contribution >= 0.6 is 0 Å². The Bertz CT molecular complexity index is 474. The predicted octanol–water partition coefficient (Wildman–Crippen LogP) is 2.60. The van der Waals surface area contributed by atoms with Crippen molar-refractivity contribution in [2.24, 2.45) is 5.92 Å². The molecule has 0 bridgehead atoms. The largest absolute Gasteiger partial charge is 0.469 e. The number of nitrogens with zero attached hydrogens (tertiary/aromatic N) is 1. The molecule has 2 rings (SSSR count). The lowest BCUT2D eigenvalue weighted by molar-refractivity contribution is -0.145. The molecule has 21 heavy (non-hydrogen) atoms. The van der Waals surface area contributed by atoms with Crippen LogP contribution in [0.25, 0.3) is 0 Å². The minimum Gasteiger partial charge on any atom is -0.469 e. The SMILES string of the molecule is COC(=O)C1CCCN(C(=O)OCc2ccccc2)CC1. The van der Waals surface area contributed by atoms with Crippen LogP contribution in [0.3, 0.4) is 0 Å². The molecule has 114 valence electrons. The van der Waals surface area contributed by atoms with Crippen LogP contribution in [0.2, 0.25) is 0 Å². The summed E-state index contributed by atoms with van der Waals surface area (Å²) in [7, 11) is 1.40. The molecule has 1 heterocycles. The molecule has 1 aliphatic rings. The maximum absolute atomic E-state index is 12.1. The highest BCUT2D eigenvalue weighted by molar-refractivity contribution is 5.72. The Morgan fingerprint density at radius 3 is 2.67 bits per heavy atom. The van der Waals surface area contributed by atoms with Crippen LogP contribution in [0.15, 0.2) is 30.3 Å². The van der Waals surface area contributed by atoms with Crippen LogP contribution in [0.5, 0.6) is 0 Å². The van der Waals surface area contributed by atoms with Gasteiger partial charge in [-0.25, -0.2) is 4.79 Å². The molecule has 1 saturated heterocycles. The van der Waals surface area contributed by atoms with Crippen LogP contribution in [-0.2, 0) is 20.9 Å². The maximum Gasteiger partial charge on any atom is 0.410 e. The van der Waals surface area contributed by atoms with Gasteiger partial charge in [0, 0.05) is 13.1 Å². The number of carbonyl (C=O) groups is 2. The zero-order chi connectivity index (χ0) is 15.1. The number of methoxy groups -OCH3 is 1. The number of likely N-dealkylation sites (tertiary alicyclic amines) is 1. The first-order valence-electron chi connectivity index (χ1n) is 7.24. The normalized spacial score (nSPS) is 18.7. The molecule has 1 aromatic rings. The monoisotopic (exact) mass is 291 g/mol. The van der Waals surface area contributed by atoms with Gasteiger partial charge in [0.25, 0.3) is 0 Å². The topological polar surface area (TPSA) is 55.8 Å². The summed E-state index contributed by atoms with van der Waals surface area (Å²) in [6.45, 7) is 1.44. The third kappa shape index (κ3) is 4.48. The van der Waals surface area contributed by atoms with E-state index in [-0.39, 0.29) is 24.6 Å². The number of hydrogen-bond acceptors (Lipinski definition) is 4. The number of amides is 1. The zero-order valence-corrected chi connectivity index (χ0v) is 12.3. The van der Waals surface area contributed by atoms with E-state index in [1.165, 1.54) is 7.11 Å². The van der Waals surface area contributed by atoms with Crippen molar-refractivity contribution in [3.8, 4) is 0 Å². The van der Waals surface area contributed by atoms with Crippen LogP contribution in [0.4, 0.5) is 4.79 Å².